The summed E-state index contributed by atoms with van der Waals surface area (Å²) in [5.74, 6) is 1.95. The minimum Gasteiger partial charge on any atom is -0.337 e. The molecule has 0 aromatic carbocycles. The molecule has 29 heavy (non-hydrogen) atoms. The van der Waals surface area contributed by atoms with E-state index in [1.807, 2.05) is 23.2 Å². The van der Waals surface area contributed by atoms with Gasteiger partial charge in [-0.2, -0.15) is 0 Å². The highest BCUT2D eigenvalue weighted by molar-refractivity contribution is 7.99. The lowest BCUT2D eigenvalue weighted by Crippen LogP contribution is -2.43. The fourth-order valence-electron chi connectivity index (χ4n) is 4.42. The topological polar surface area (TPSA) is 63.9 Å². The molecule has 0 N–H and O–H groups in total. The number of carbonyl (C=O) groups excluding carboxylic acids is 1. The number of carbonyl (C=O) groups is 1. The summed E-state index contributed by atoms with van der Waals surface area (Å²) in [5, 5.41) is 9.85. The fourth-order valence-corrected chi connectivity index (χ4v) is 5.28. The molecule has 3 rings (SSSR count). The molecule has 0 aliphatic heterocycles. The Morgan fingerprint density at radius 1 is 1.21 bits per heavy atom. The molecule has 2 heterocycles. The van der Waals surface area contributed by atoms with Gasteiger partial charge in [-0.1, -0.05) is 31.5 Å². The van der Waals surface area contributed by atoms with E-state index in [1.54, 1.807) is 6.20 Å². The second-order valence-corrected chi connectivity index (χ2v) is 9.47. The first-order valence-corrected chi connectivity index (χ1v) is 11.7. The molecule has 1 saturated carbocycles. The Hall–Kier alpha value is -1.89. The third kappa shape index (κ3) is 5.00. The molecule has 1 aliphatic rings. The molecule has 7 heteroatoms. The highest BCUT2D eigenvalue weighted by Gasteiger charge is 2.29. The van der Waals surface area contributed by atoms with Crippen molar-refractivity contribution in [2.24, 2.45) is 5.92 Å². The van der Waals surface area contributed by atoms with Gasteiger partial charge in [0.1, 0.15) is 0 Å². The average molecular weight is 416 g/mol. The summed E-state index contributed by atoms with van der Waals surface area (Å²) in [5.41, 5.74) is 0.974. The molecule has 0 bridgehead atoms. The van der Waals surface area contributed by atoms with Crippen molar-refractivity contribution in [3.05, 3.63) is 24.5 Å². The van der Waals surface area contributed by atoms with Crippen LogP contribution in [0.3, 0.4) is 0 Å². The Balaban J connectivity index is 1.88. The maximum atomic E-state index is 12.9. The highest BCUT2D eigenvalue weighted by Crippen LogP contribution is 2.38. The zero-order valence-corrected chi connectivity index (χ0v) is 19.0. The predicted octanol–water partition coefficient (Wildman–Crippen LogP) is 4.83. The Labute approximate surface area is 178 Å². The second kappa shape index (κ2) is 9.74. The SMILES string of the molecule is CC(C)N(C(=O)CSc1nnc(-c2cccnc2)n1[C@@H]1CCCC[C@@H]1C)C(C)C. The fraction of sp³-hybridized carbons (Fsp3) is 0.636. The van der Waals surface area contributed by atoms with Crippen LogP contribution < -0.4 is 0 Å². The van der Waals surface area contributed by atoms with E-state index in [4.69, 9.17) is 0 Å². The van der Waals surface area contributed by atoms with Gasteiger partial charge in [-0.3, -0.25) is 14.3 Å². The lowest BCUT2D eigenvalue weighted by atomic mass is 9.85. The van der Waals surface area contributed by atoms with E-state index in [9.17, 15) is 4.79 Å². The van der Waals surface area contributed by atoms with Crippen LogP contribution >= 0.6 is 11.8 Å². The monoisotopic (exact) mass is 415 g/mol. The van der Waals surface area contributed by atoms with Crippen molar-refractivity contribution in [2.75, 3.05) is 5.75 Å². The van der Waals surface area contributed by atoms with Crippen LogP contribution in [0.2, 0.25) is 0 Å². The van der Waals surface area contributed by atoms with Crippen molar-refractivity contribution in [1.82, 2.24) is 24.6 Å². The van der Waals surface area contributed by atoms with Gasteiger partial charge < -0.3 is 4.90 Å². The molecular weight excluding hydrogens is 382 g/mol. The number of thioether (sulfide) groups is 1. The smallest absolute Gasteiger partial charge is 0.233 e. The molecule has 2 aromatic rings. The Morgan fingerprint density at radius 2 is 1.93 bits per heavy atom. The number of rotatable bonds is 7. The summed E-state index contributed by atoms with van der Waals surface area (Å²) in [6.45, 7) is 10.6. The summed E-state index contributed by atoms with van der Waals surface area (Å²) >= 11 is 1.51. The van der Waals surface area contributed by atoms with Crippen molar-refractivity contribution in [3.8, 4) is 11.4 Å². The maximum absolute atomic E-state index is 12.9. The first kappa shape index (κ1) is 21.8. The molecule has 0 spiro atoms. The van der Waals surface area contributed by atoms with Crippen LogP contribution in [-0.4, -0.2) is 48.4 Å². The van der Waals surface area contributed by atoms with Crippen molar-refractivity contribution in [2.45, 2.75) is 83.6 Å². The van der Waals surface area contributed by atoms with Crippen LogP contribution in [0, 0.1) is 5.92 Å². The van der Waals surface area contributed by atoms with Crippen molar-refractivity contribution >= 4 is 17.7 Å². The predicted molar refractivity (Wildman–Crippen MR) is 118 cm³/mol. The van der Waals surface area contributed by atoms with Gasteiger partial charge in [0.25, 0.3) is 0 Å². The number of nitrogens with zero attached hydrogens (tertiary/aromatic N) is 5. The quantitative estimate of drug-likeness (QED) is 0.606. The van der Waals surface area contributed by atoms with Crippen LogP contribution in [0.4, 0.5) is 0 Å². The number of amides is 1. The van der Waals surface area contributed by atoms with Crippen LogP contribution in [0.1, 0.15) is 66.3 Å². The Morgan fingerprint density at radius 3 is 2.55 bits per heavy atom. The Kier molecular flexibility index (Phi) is 7.33. The maximum Gasteiger partial charge on any atom is 0.233 e. The Bertz CT molecular complexity index is 797. The normalized spacial score (nSPS) is 19.7. The van der Waals surface area contributed by atoms with E-state index in [0.29, 0.717) is 17.7 Å². The van der Waals surface area contributed by atoms with Crippen molar-refractivity contribution in [3.63, 3.8) is 0 Å². The molecule has 2 atom stereocenters. The molecule has 0 radical (unpaired) electrons. The lowest BCUT2D eigenvalue weighted by Gasteiger charge is -2.32. The van der Waals surface area contributed by atoms with Crippen LogP contribution in [0.25, 0.3) is 11.4 Å². The van der Waals surface area contributed by atoms with E-state index in [0.717, 1.165) is 23.0 Å². The number of pyridine rings is 1. The van der Waals surface area contributed by atoms with Gasteiger partial charge in [0.2, 0.25) is 5.91 Å². The summed E-state index contributed by atoms with van der Waals surface area (Å²) in [4.78, 5) is 19.1. The zero-order valence-electron chi connectivity index (χ0n) is 18.2. The van der Waals surface area contributed by atoms with Gasteiger partial charge in [0.15, 0.2) is 11.0 Å². The minimum absolute atomic E-state index is 0.147. The number of hydrogen-bond donors (Lipinski definition) is 0. The zero-order chi connectivity index (χ0) is 21.0. The molecule has 0 saturated heterocycles. The highest BCUT2D eigenvalue weighted by atomic mass is 32.2. The third-order valence-electron chi connectivity index (χ3n) is 5.71. The number of aromatic nitrogens is 4. The molecule has 1 amide bonds. The van der Waals surface area contributed by atoms with Gasteiger partial charge >= 0.3 is 0 Å². The second-order valence-electron chi connectivity index (χ2n) is 8.52. The van der Waals surface area contributed by atoms with E-state index < -0.39 is 0 Å². The molecular formula is C22H33N5OS. The van der Waals surface area contributed by atoms with Gasteiger partial charge in [-0.25, -0.2) is 0 Å². The van der Waals surface area contributed by atoms with Crippen molar-refractivity contribution < 1.29 is 4.79 Å². The third-order valence-corrected chi connectivity index (χ3v) is 6.64. The summed E-state index contributed by atoms with van der Waals surface area (Å²) in [6.07, 6.45) is 8.45. The first-order chi connectivity index (χ1) is 13.9. The minimum atomic E-state index is 0.147. The lowest BCUT2D eigenvalue weighted by molar-refractivity contribution is -0.131. The summed E-state index contributed by atoms with van der Waals surface area (Å²) in [6, 6.07) is 4.69. The van der Waals surface area contributed by atoms with Gasteiger partial charge in [-0.05, 0) is 58.6 Å². The van der Waals surface area contributed by atoms with E-state index >= 15 is 0 Å². The largest absolute Gasteiger partial charge is 0.337 e. The van der Waals surface area contributed by atoms with Crippen LogP contribution in [0.15, 0.2) is 29.7 Å². The summed E-state index contributed by atoms with van der Waals surface area (Å²) < 4.78 is 2.27. The summed E-state index contributed by atoms with van der Waals surface area (Å²) in [7, 11) is 0. The molecule has 1 fully saturated rings. The average Bonchev–Trinajstić information content (AvgIpc) is 3.10. The number of hydrogen-bond acceptors (Lipinski definition) is 5. The van der Waals surface area contributed by atoms with E-state index in [-0.39, 0.29) is 18.0 Å². The van der Waals surface area contributed by atoms with E-state index in [2.05, 4.69) is 54.4 Å². The molecule has 158 valence electrons. The molecule has 1 aliphatic carbocycles. The molecule has 0 unspecified atom stereocenters. The van der Waals surface area contributed by atoms with Gasteiger partial charge in [0.05, 0.1) is 5.75 Å². The van der Waals surface area contributed by atoms with E-state index in [1.165, 1.54) is 31.0 Å². The molecule has 6 nitrogen and oxygen atoms in total. The van der Waals surface area contributed by atoms with Crippen LogP contribution in [0.5, 0.6) is 0 Å². The van der Waals surface area contributed by atoms with Gasteiger partial charge in [0, 0.05) is 36.1 Å². The van der Waals surface area contributed by atoms with Gasteiger partial charge in [-0.15, -0.1) is 10.2 Å². The standard InChI is InChI=1S/C22H33N5OS/c1-15(2)26(16(3)4)20(28)14-29-22-25-24-21(18-10-8-12-23-13-18)27(22)19-11-7-6-9-17(19)5/h8,10,12-13,15-17,19H,6-7,9,11,14H2,1-5H3/t17-,19+/m0/s1. The first-order valence-electron chi connectivity index (χ1n) is 10.7. The van der Waals surface area contributed by atoms with Crippen molar-refractivity contribution in [1.29, 1.82) is 0 Å². The van der Waals surface area contributed by atoms with Crippen LogP contribution in [-0.2, 0) is 4.79 Å². The molecule has 2 aromatic heterocycles.